The molecule has 1 saturated heterocycles. The van der Waals surface area contributed by atoms with Gasteiger partial charge in [-0.25, -0.2) is 4.98 Å². The van der Waals surface area contributed by atoms with Crippen LogP contribution in [0.15, 0.2) is 12.4 Å². The van der Waals surface area contributed by atoms with Crippen LogP contribution >= 0.6 is 0 Å². The highest BCUT2D eigenvalue weighted by Crippen LogP contribution is 2.13. The number of amides is 1. The van der Waals surface area contributed by atoms with Gasteiger partial charge in [0.1, 0.15) is 5.82 Å². The fourth-order valence-electron chi connectivity index (χ4n) is 2.94. The number of aryl methyl sites for hydroxylation is 1. The number of nitrogens with zero attached hydrogens (tertiary/aromatic N) is 2. The number of carbonyl (C=O) groups excluding carboxylic acids is 1. The third-order valence-electron chi connectivity index (χ3n) is 4.10. The summed E-state index contributed by atoms with van der Waals surface area (Å²) < 4.78 is 13.1. The lowest BCUT2D eigenvalue weighted by molar-refractivity contribution is -0.123. The van der Waals surface area contributed by atoms with Gasteiger partial charge >= 0.3 is 0 Å². The van der Waals surface area contributed by atoms with Gasteiger partial charge in [0, 0.05) is 44.4 Å². The van der Waals surface area contributed by atoms with Crippen LogP contribution in [-0.4, -0.2) is 47.4 Å². The molecule has 3 heterocycles. The quantitative estimate of drug-likeness (QED) is 0.792. The number of nitrogens with one attached hydrogen (secondary N) is 1. The summed E-state index contributed by atoms with van der Waals surface area (Å²) in [7, 11) is 0. The predicted octanol–water partition coefficient (Wildman–Crippen LogP) is 0.900. The molecule has 0 aliphatic carbocycles. The second kappa shape index (κ2) is 7.04. The van der Waals surface area contributed by atoms with E-state index in [-0.39, 0.29) is 18.1 Å². The normalized spacial score (nSPS) is 24.8. The van der Waals surface area contributed by atoms with Crippen molar-refractivity contribution in [3.63, 3.8) is 0 Å². The second-order valence-corrected chi connectivity index (χ2v) is 5.76. The lowest BCUT2D eigenvalue weighted by atomic mass is 10.1. The van der Waals surface area contributed by atoms with Crippen molar-refractivity contribution in [2.45, 2.75) is 50.8 Å². The molecular weight excluding hydrogens is 270 g/mol. The van der Waals surface area contributed by atoms with E-state index in [1.54, 1.807) is 0 Å². The molecule has 0 radical (unpaired) electrons. The lowest BCUT2D eigenvalue weighted by Gasteiger charge is -2.24. The average molecular weight is 293 g/mol. The van der Waals surface area contributed by atoms with Crippen molar-refractivity contribution in [3.05, 3.63) is 18.2 Å². The van der Waals surface area contributed by atoms with E-state index in [0.717, 1.165) is 44.7 Å². The Morgan fingerprint density at radius 1 is 1.52 bits per heavy atom. The van der Waals surface area contributed by atoms with E-state index in [4.69, 9.17) is 9.47 Å². The number of hydrogen-bond acceptors (Lipinski definition) is 4. The molecule has 1 fully saturated rings. The summed E-state index contributed by atoms with van der Waals surface area (Å²) in [6.07, 6.45) is 8.50. The third-order valence-corrected chi connectivity index (χ3v) is 4.10. The second-order valence-electron chi connectivity index (χ2n) is 5.76. The zero-order chi connectivity index (χ0) is 14.5. The van der Waals surface area contributed by atoms with Gasteiger partial charge in [-0.15, -0.1) is 0 Å². The molecule has 0 saturated carbocycles. The summed E-state index contributed by atoms with van der Waals surface area (Å²) in [5.74, 6) is 1.18. The number of fused-ring (bicyclic) bond motifs is 1. The Bertz CT molecular complexity index is 468. The summed E-state index contributed by atoms with van der Waals surface area (Å²) in [5.41, 5.74) is 0. The van der Waals surface area contributed by atoms with Gasteiger partial charge in [0.15, 0.2) is 0 Å². The minimum Gasteiger partial charge on any atom is -0.378 e. The molecule has 1 amide bonds. The largest absolute Gasteiger partial charge is 0.378 e. The molecule has 3 rings (SSSR count). The van der Waals surface area contributed by atoms with E-state index in [1.807, 2.05) is 12.4 Å². The van der Waals surface area contributed by atoms with Crippen LogP contribution in [0.2, 0.25) is 0 Å². The van der Waals surface area contributed by atoms with Crippen molar-refractivity contribution >= 4 is 5.91 Å². The van der Waals surface area contributed by atoms with Gasteiger partial charge in [-0.1, -0.05) is 0 Å². The maximum absolute atomic E-state index is 11.9. The Labute approximate surface area is 124 Å². The highest BCUT2D eigenvalue weighted by Gasteiger charge is 2.20. The van der Waals surface area contributed by atoms with Gasteiger partial charge in [0.2, 0.25) is 5.91 Å². The first kappa shape index (κ1) is 14.5. The molecule has 2 aliphatic heterocycles. The fraction of sp³-hybridized carbons (Fsp3) is 0.733. The predicted molar refractivity (Wildman–Crippen MR) is 76.9 cm³/mol. The standard InChI is InChI=1S/C15H23N3O3/c19-15(5-9-20-11-13-2-1-8-21-13)17-12-3-4-14-16-6-7-18(14)10-12/h6-7,12-13H,1-5,8-11H2,(H,17,19). The van der Waals surface area contributed by atoms with Crippen molar-refractivity contribution in [2.75, 3.05) is 19.8 Å². The molecule has 1 aromatic rings. The highest BCUT2D eigenvalue weighted by molar-refractivity contribution is 5.76. The van der Waals surface area contributed by atoms with E-state index in [1.165, 1.54) is 0 Å². The lowest BCUT2D eigenvalue weighted by Crippen LogP contribution is -2.41. The summed E-state index contributed by atoms with van der Waals surface area (Å²) >= 11 is 0. The fourth-order valence-corrected chi connectivity index (χ4v) is 2.94. The number of carbonyl (C=O) groups is 1. The number of aromatic nitrogens is 2. The molecule has 6 heteroatoms. The first-order valence-electron chi connectivity index (χ1n) is 7.80. The Kier molecular flexibility index (Phi) is 4.87. The topological polar surface area (TPSA) is 65.4 Å². The van der Waals surface area contributed by atoms with Crippen LogP contribution in [0.25, 0.3) is 0 Å². The molecule has 2 aliphatic rings. The average Bonchev–Trinajstić information content (AvgIpc) is 3.14. The van der Waals surface area contributed by atoms with Gasteiger partial charge in [-0.3, -0.25) is 4.79 Å². The van der Waals surface area contributed by atoms with Crippen LogP contribution in [-0.2, 0) is 27.2 Å². The van der Waals surface area contributed by atoms with Crippen molar-refractivity contribution < 1.29 is 14.3 Å². The van der Waals surface area contributed by atoms with Gasteiger partial charge in [0.05, 0.1) is 19.3 Å². The number of hydrogen-bond donors (Lipinski definition) is 1. The molecule has 0 spiro atoms. The van der Waals surface area contributed by atoms with E-state index >= 15 is 0 Å². The highest BCUT2D eigenvalue weighted by atomic mass is 16.5. The molecule has 0 bridgehead atoms. The molecule has 1 aromatic heterocycles. The molecule has 116 valence electrons. The van der Waals surface area contributed by atoms with Crippen molar-refractivity contribution in [1.29, 1.82) is 0 Å². The molecule has 2 unspecified atom stereocenters. The molecule has 1 N–H and O–H groups in total. The van der Waals surface area contributed by atoms with Gasteiger partial charge < -0.3 is 19.4 Å². The zero-order valence-corrected chi connectivity index (χ0v) is 12.3. The monoisotopic (exact) mass is 293 g/mol. The van der Waals surface area contributed by atoms with Crippen molar-refractivity contribution in [2.24, 2.45) is 0 Å². The van der Waals surface area contributed by atoms with Crippen LogP contribution in [0, 0.1) is 0 Å². The number of ether oxygens (including phenoxy) is 2. The maximum Gasteiger partial charge on any atom is 0.222 e. The molecular formula is C15H23N3O3. The van der Waals surface area contributed by atoms with Crippen LogP contribution in [0.3, 0.4) is 0 Å². The van der Waals surface area contributed by atoms with E-state index < -0.39 is 0 Å². The van der Waals surface area contributed by atoms with Crippen LogP contribution in [0.1, 0.15) is 31.5 Å². The molecule has 6 nitrogen and oxygen atoms in total. The van der Waals surface area contributed by atoms with Gasteiger partial charge in [-0.2, -0.15) is 0 Å². The molecule has 2 atom stereocenters. The van der Waals surface area contributed by atoms with Crippen LogP contribution in [0.5, 0.6) is 0 Å². The Balaban J connectivity index is 1.31. The molecule has 0 aromatic carbocycles. The van der Waals surface area contributed by atoms with E-state index in [0.29, 0.717) is 19.6 Å². The van der Waals surface area contributed by atoms with E-state index in [9.17, 15) is 4.79 Å². The summed E-state index contributed by atoms with van der Waals surface area (Å²) in [6.45, 7) is 2.73. The van der Waals surface area contributed by atoms with E-state index in [2.05, 4.69) is 14.9 Å². The van der Waals surface area contributed by atoms with Gasteiger partial charge in [0.25, 0.3) is 0 Å². The summed E-state index contributed by atoms with van der Waals surface area (Å²) in [6, 6.07) is 0.206. The Morgan fingerprint density at radius 3 is 3.33 bits per heavy atom. The minimum atomic E-state index is 0.0657. The SMILES string of the molecule is O=C(CCOCC1CCCO1)NC1CCc2nccn2C1. The summed E-state index contributed by atoms with van der Waals surface area (Å²) in [4.78, 5) is 16.2. The zero-order valence-electron chi connectivity index (χ0n) is 12.3. The summed E-state index contributed by atoms with van der Waals surface area (Å²) in [5, 5.41) is 3.08. The Morgan fingerprint density at radius 2 is 2.48 bits per heavy atom. The van der Waals surface area contributed by atoms with Crippen molar-refractivity contribution in [1.82, 2.24) is 14.9 Å². The van der Waals surface area contributed by atoms with Crippen molar-refractivity contribution in [3.8, 4) is 0 Å². The minimum absolute atomic E-state index is 0.0657. The van der Waals surface area contributed by atoms with Crippen LogP contribution < -0.4 is 5.32 Å². The Hall–Kier alpha value is -1.40. The smallest absolute Gasteiger partial charge is 0.222 e. The van der Waals surface area contributed by atoms with Crippen LogP contribution in [0.4, 0.5) is 0 Å². The molecule has 21 heavy (non-hydrogen) atoms. The first-order chi connectivity index (χ1) is 10.3. The maximum atomic E-state index is 11.9. The number of imidazole rings is 1. The third kappa shape index (κ3) is 4.04. The van der Waals surface area contributed by atoms with Gasteiger partial charge in [-0.05, 0) is 19.3 Å². The first-order valence-corrected chi connectivity index (χ1v) is 7.80. The number of rotatable bonds is 6.